The number of benzene rings is 1. The lowest BCUT2D eigenvalue weighted by molar-refractivity contribution is -0.133. The number of hydrogen-bond acceptors (Lipinski definition) is 4. The van der Waals surface area contributed by atoms with Gasteiger partial charge in [0.2, 0.25) is 11.6 Å². The van der Waals surface area contributed by atoms with Crippen LogP contribution < -0.4 is 11.1 Å². The molecule has 0 radical (unpaired) electrons. The zero-order valence-corrected chi connectivity index (χ0v) is 11.6. The molecule has 0 spiro atoms. The summed E-state index contributed by atoms with van der Waals surface area (Å²) in [7, 11) is 0. The van der Waals surface area contributed by atoms with Crippen LogP contribution in [0.15, 0.2) is 30.1 Å². The molecule has 0 atom stereocenters. The molecule has 1 rings (SSSR count). The summed E-state index contributed by atoms with van der Waals surface area (Å²) in [4.78, 5) is 22.1. The standard InChI is InChI=1S/C15H20N2O2/c1-4-12-5-6-13(10(2)7-12)8-17-9-14(16)15(19)11(3)18/h5-7,9,17H,4,8,16H2,1-3H3/b14-9-. The minimum atomic E-state index is -0.662. The number of Topliss-reactive ketones (excluding diaryl/α,β-unsaturated/α-hetero) is 2. The van der Waals surface area contributed by atoms with Crippen molar-refractivity contribution < 1.29 is 9.59 Å². The zero-order chi connectivity index (χ0) is 14.4. The van der Waals surface area contributed by atoms with Gasteiger partial charge in [-0.05, 0) is 30.0 Å². The van der Waals surface area contributed by atoms with Gasteiger partial charge in [-0.25, -0.2) is 0 Å². The van der Waals surface area contributed by atoms with E-state index in [9.17, 15) is 9.59 Å². The number of nitrogens with one attached hydrogen (secondary N) is 1. The van der Waals surface area contributed by atoms with Crippen LogP contribution in [0.5, 0.6) is 0 Å². The van der Waals surface area contributed by atoms with Crippen LogP contribution in [0.2, 0.25) is 0 Å². The summed E-state index contributed by atoms with van der Waals surface area (Å²) in [6, 6.07) is 6.28. The molecule has 102 valence electrons. The van der Waals surface area contributed by atoms with E-state index < -0.39 is 11.6 Å². The van der Waals surface area contributed by atoms with E-state index in [1.807, 2.05) is 6.92 Å². The minimum Gasteiger partial charge on any atom is -0.394 e. The largest absolute Gasteiger partial charge is 0.394 e. The molecule has 0 aromatic heterocycles. The van der Waals surface area contributed by atoms with Gasteiger partial charge in [0.15, 0.2) is 0 Å². The predicted molar refractivity (Wildman–Crippen MR) is 75.4 cm³/mol. The molecular formula is C15H20N2O2. The average Bonchev–Trinajstić information content (AvgIpc) is 2.39. The number of ketones is 2. The minimum absolute atomic E-state index is 0.0599. The second kappa shape index (κ2) is 6.73. The van der Waals surface area contributed by atoms with Gasteiger partial charge in [-0.2, -0.15) is 0 Å². The lowest BCUT2D eigenvalue weighted by Crippen LogP contribution is -2.21. The molecule has 1 aromatic carbocycles. The Labute approximate surface area is 113 Å². The molecule has 0 amide bonds. The Bertz CT molecular complexity index is 519. The third-order valence-corrected chi connectivity index (χ3v) is 2.95. The molecule has 4 nitrogen and oxygen atoms in total. The summed E-state index contributed by atoms with van der Waals surface area (Å²) >= 11 is 0. The summed E-state index contributed by atoms with van der Waals surface area (Å²) in [6.07, 6.45) is 2.39. The van der Waals surface area contributed by atoms with E-state index in [-0.39, 0.29) is 5.70 Å². The fourth-order valence-corrected chi connectivity index (χ4v) is 1.72. The molecule has 0 saturated carbocycles. The Kier molecular flexibility index (Phi) is 5.30. The van der Waals surface area contributed by atoms with Gasteiger partial charge in [-0.3, -0.25) is 9.59 Å². The van der Waals surface area contributed by atoms with E-state index in [0.29, 0.717) is 6.54 Å². The molecule has 19 heavy (non-hydrogen) atoms. The van der Waals surface area contributed by atoms with Gasteiger partial charge in [0, 0.05) is 19.7 Å². The third kappa shape index (κ3) is 4.25. The number of carbonyl (C=O) groups is 2. The molecule has 4 heteroatoms. The van der Waals surface area contributed by atoms with Crippen molar-refractivity contribution >= 4 is 11.6 Å². The van der Waals surface area contributed by atoms with Crippen LogP contribution >= 0.6 is 0 Å². The van der Waals surface area contributed by atoms with Crippen molar-refractivity contribution in [2.24, 2.45) is 5.73 Å². The monoisotopic (exact) mass is 260 g/mol. The second-order valence-electron chi connectivity index (χ2n) is 4.48. The summed E-state index contributed by atoms with van der Waals surface area (Å²) in [5, 5.41) is 2.96. The van der Waals surface area contributed by atoms with Crippen molar-refractivity contribution in [2.75, 3.05) is 0 Å². The quantitative estimate of drug-likeness (QED) is 0.602. The number of aryl methyl sites for hydroxylation is 2. The van der Waals surface area contributed by atoms with Gasteiger partial charge in [0.05, 0.1) is 5.70 Å². The van der Waals surface area contributed by atoms with E-state index in [0.717, 1.165) is 12.0 Å². The normalized spacial score (nSPS) is 11.2. The van der Waals surface area contributed by atoms with Crippen molar-refractivity contribution in [3.63, 3.8) is 0 Å². The first kappa shape index (κ1) is 15.0. The van der Waals surface area contributed by atoms with Gasteiger partial charge < -0.3 is 11.1 Å². The first-order chi connectivity index (χ1) is 8.95. The van der Waals surface area contributed by atoms with Crippen LogP contribution in [0.25, 0.3) is 0 Å². The molecule has 0 saturated heterocycles. The summed E-state index contributed by atoms with van der Waals surface area (Å²) < 4.78 is 0. The summed E-state index contributed by atoms with van der Waals surface area (Å²) in [5.74, 6) is -1.22. The van der Waals surface area contributed by atoms with E-state index in [1.165, 1.54) is 24.3 Å². The fourth-order valence-electron chi connectivity index (χ4n) is 1.72. The maximum Gasteiger partial charge on any atom is 0.245 e. The van der Waals surface area contributed by atoms with Gasteiger partial charge in [0.1, 0.15) is 0 Å². The third-order valence-electron chi connectivity index (χ3n) is 2.95. The van der Waals surface area contributed by atoms with Gasteiger partial charge in [-0.1, -0.05) is 25.1 Å². The van der Waals surface area contributed by atoms with Gasteiger partial charge >= 0.3 is 0 Å². The zero-order valence-electron chi connectivity index (χ0n) is 11.6. The van der Waals surface area contributed by atoms with Crippen molar-refractivity contribution in [3.05, 3.63) is 46.8 Å². The number of rotatable bonds is 6. The Morgan fingerprint density at radius 1 is 1.37 bits per heavy atom. The van der Waals surface area contributed by atoms with Crippen LogP contribution in [0, 0.1) is 6.92 Å². The molecule has 0 aliphatic carbocycles. The van der Waals surface area contributed by atoms with E-state index >= 15 is 0 Å². The molecule has 0 fully saturated rings. The van der Waals surface area contributed by atoms with Crippen LogP contribution in [0.3, 0.4) is 0 Å². The molecule has 0 unspecified atom stereocenters. The molecule has 0 bridgehead atoms. The molecule has 0 aliphatic rings. The van der Waals surface area contributed by atoms with Crippen LogP contribution in [-0.2, 0) is 22.6 Å². The Morgan fingerprint density at radius 3 is 2.58 bits per heavy atom. The van der Waals surface area contributed by atoms with Crippen LogP contribution in [0.4, 0.5) is 0 Å². The van der Waals surface area contributed by atoms with E-state index in [4.69, 9.17) is 5.73 Å². The highest BCUT2D eigenvalue weighted by Gasteiger charge is 2.10. The SMILES string of the molecule is CCc1ccc(CN/C=C(\N)C(=O)C(C)=O)c(C)c1. The number of allylic oxidation sites excluding steroid dienone is 1. The number of hydrogen-bond donors (Lipinski definition) is 2. The molecule has 1 aromatic rings. The van der Waals surface area contributed by atoms with Crippen LogP contribution in [-0.4, -0.2) is 11.6 Å². The highest BCUT2D eigenvalue weighted by atomic mass is 16.2. The Balaban J connectivity index is 2.65. The topological polar surface area (TPSA) is 72.2 Å². The van der Waals surface area contributed by atoms with E-state index in [1.54, 1.807) is 0 Å². The highest BCUT2D eigenvalue weighted by Crippen LogP contribution is 2.11. The average molecular weight is 260 g/mol. The van der Waals surface area contributed by atoms with Crippen molar-refractivity contribution in [3.8, 4) is 0 Å². The molecular weight excluding hydrogens is 240 g/mol. The first-order valence-corrected chi connectivity index (χ1v) is 6.28. The maximum absolute atomic E-state index is 11.3. The van der Waals surface area contributed by atoms with Crippen molar-refractivity contribution in [1.82, 2.24) is 5.32 Å². The predicted octanol–water partition coefficient (Wildman–Crippen LogP) is 1.61. The van der Waals surface area contributed by atoms with Gasteiger partial charge in [-0.15, -0.1) is 0 Å². The first-order valence-electron chi connectivity index (χ1n) is 6.28. The number of carbonyl (C=O) groups excluding carboxylic acids is 2. The van der Waals surface area contributed by atoms with Crippen molar-refractivity contribution in [1.29, 1.82) is 0 Å². The van der Waals surface area contributed by atoms with Crippen LogP contribution in [0.1, 0.15) is 30.5 Å². The maximum atomic E-state index is 11.3. The highest BCUT2D eigenvalue weighted by molar-refractivity contribution is 6.42. The lowest BCUT2D eigenvalue weighted by Gasteiger charge is -2.08. The Morgan fingerprint density at radius 2 is 2.05 bits per heavy atom. The second-order valence-corrected chi connectivity index (χ2v) is 4.48. The lowest BCUT2D eigenvalue weighted by atomic mass is 10.0. The molecule has 3 N–H and O–H groups in total. The van der Waals surface area contributed by atoms with Crippen molar-refractivity contribution in [2.45, 2.75) is 33.7 Å². The number of nitrogens with two attached hydrogens (primary N) is 1. The summed E-state index contributed by atoms with van der Waals surface area (Å²) in [5.41, 5.74) is 9.06. The molecule has 0 aliphatic heterocycles. The smallest absolute Gasteiger partial charge is 0.245 e. The van der Waals surface area contributed by atoms with Gasteiger partial charge in [0.25, 0.3) is 0 Å². The molecule has 0 heterocycles. The Hall–Kier alpha value is -2.10. The summed E-state index contributed by atoms with van der Waals surface area (Å²) in [6.45, 7) is 5.94. The van der Waals surface area contributed by atoms with E-state index in [2.05, 4.69) is 30.4 Å². The fraction of sp³-hybridized carbons (Fsp3) is 0.333.